The minimum absolute atomic E-state index is 0.182. The van der Waals surface area contributed by atoms with E-state index in [1.807, 2.05) is 6.92 Å². The van der Waals surface area contributed by atoms with Crippen molar-refractivity contribution >= 4 is 0 Å². The van der Waals surface area contributed by atoms with Gasteiger partial charge in [-0.3, -0.25) is 4.90 Å². The number of methoxy groups -OCH3 is 1. The lowest BCUT2D eigenvalue weighted by Gasteiger charge is -2.67. The number of terminal acetylenes is 1. The van der Waals surface area contributed by atoms with Gasteiger partial charge in [-0.2, -0.15) is 0 Å². The third-order valence-electron chi connectivity index (χ3n) is 10.6. The second kappa shape index (κ2) is 6.93. The summed E-state index contributed by atoms with van der Waals surface area (Å²) < 4.78 is 12.9. The van der Waals surface area contributed by atoms with Gasteiger partial charge in [-0.25, -0.2) is 0 Å². The smallest absolute Gasteiger partial charge is 0.165 e. The molecule has 6 rings (SSSR count). The largest absolute Gasteiger partial charge is 0.504 e. The standard InChI is InChI=1S/C29H39NO4/c1-7-28-15-19(27(5,32)26(2,3)4)23(33-6)25-29(28)12-13-30(16-17-8-9-17)21(28)14-18-10-11-20(31)24(34-25)22(18)29/h1,10-11,17,19,21,23,25,31-32H,8-9,12-16H2,2-6H3/t19-,21+,23?,25-,27-,28+,29-/m0/s1. The van der Waals surface area contributed by atoms with Crippen LogP contribution in [0.4, 0.5) is 0 Å². The molecular formula is C29H39NO4. The Kier molecular flexibility index (Phi) is 4.63. The normalized spacial score (nSPS) is 40.1. The van der Waals surface area contributed by atoms with Crippen molar-refractivity contribution in [3.8, 4) is 23.8 Å². The number of ether oxygens (including phenoxy) is 2. The summed E-state index contributed by atoms with van der Waals surface area (Å²) in [5.74, 6) is 4.74. The number of nitrogens with zero attached hydrogens (tertiary/aromatic N) is 1. The Balaban J connectivity index is 1.59. The van der Waals surface area contributed by atoms with Crippen molar-refractivity contribution in [3.05, 3.63) is 23.3 Å². The molecular weight excluding hydrogens is 426 g/mol. The second-order valence-corrected chi connectivity index (χ2v) is 12.9. The number of phenols is 1. The molecule has 2 heterocycles. The molecule has 1 spiro atoms. The number of piperidine rings is 1. The zero-order valence-electron chi connectivity index (χ0n) is 21.2. The van der Waals surface area contributed by atoms with Gasteiger partial charge < -0.3 is 19.7 Å². The van der Waals surface area contributed by atoms with Gasteiger partial charge in [-0.05, 0) is 68.5 Å². The highest BCUT2D eigenvalue weighted by molar-refractivity contribution is 5.63. The maximum Gasteiger partial charge on any atom is 0.165 e. The molecule has 1 aromatic carbocycles. The van der Waals surface area contributed by atoms with Crippen LogP contribution in [0.2, 0.25) is 0 Å². The lowest BCUT2D eigenvalue weighted by Crippen LogP contribution is -2.76. The average Bonchev–Trinajstić information content (AvgIpc) is 3.53. The van der Waals surface area contributed by atoms with Crippen molar-refractivity contribution in [1.82, 2.24) is 4.90 Å². The molecule has 3 fully saturated rings. The van der Waals surface area contributed by atoms with E-state index in [0.717, 1.165) is 37.4 Å². The van der Waals surface area contributed by atoms with Crippen molar-refractivity contribution in [2.45, 2.75) is 89.1 Å². The number of aromatic hydroxyl groups is 1. The topological polar surface area (TPSA) is 62.2 Å². The molecule has 5 aliphatic rings. The highest BCUT2D eigenvalue weighted by Gasteiger charge is 2.76. The van der Waals surface area contributed by atoms with Crippen molar-refractivity contribution in [3.63, 3.8) is 0 Å². The maximum absolute atomic E-state index is 12.0. The number of hydrogen-bond donors (Lipinski definition) is 2. The van der Waals surface area contributed by atoms with Crippen molar-refractivity contribution < 1.29 is 19.7 Å². The molecule has 0 amide bonds. The van der Waals surface area contributed by atoms with E-state index in [0.29, 0.717) is 12.2 Å². The van der Waals surface area contributed by atoms with Crippen LogP contribution >= 0.6 is 0 Å². The van der Waals surface area contributed by atoms with Gasteiger partial charge in [0.2, 0.25) is 0 Å². The fraction of sp³-hybridized carbons (Fsp3) is 0.724. The third kappa shape index (κ3) is 2.58. The molecule has 5 nitrogen and oxygen atoms in total. The van der Waals surface area contributed by atoms with E-state index < -0.39 is 16.4 Å². The van der Waals surface area contributed by atoms with Crippen LogP contribution < -0.4 is 4.74 Å². The van der Waals surface area contributed by atoms with Crippen LogP contribution in [0.1, 0.15) is 64.5 Å². The highest BCUT2D eigenvalue weighted by atomic mass is 16.5. The van der Waals surface area contributed by atoms with E-state index in [4.69, 9.17) is 15.9 Å². The molecule has 34 heavy (non-hydrogen) atoms. The Hall–Kier alpha value is -1.74. The lowest BCUT2D eigenvalue weighted by molar-refractivity contribution is -0.221. The van der Waals surface area contributed by atoms with Crippen molar-refractivity contribution in [2.24, 2.45) is 22.7 Å². The van der Waals surface area contributed by atoms with Crippen LogP contribution in [0.25, 0.3) is 0 Å². The number of hydrogen-bond acceptors (Lipinski definition) is 5. The van der Waals surface area contributed by atoms with Crippen LogP contribution in [-0.4, -0.2) is 59.2 Å². The zero-order valence-corrected chi connectivity index (χ0v) is 21.2. The van der Waals surface area contributed by atoms with Crippen LogP contribution in [-0.2, 0) is 16.6 Å². The predicted octanol–water partition coefficient (Wildman–Crippen LogP) is 3.88. The van der Waals surface area contributed by atoms with E-state index in [1.54, 1.807) is 13.2 Å². The number of aliphatic hydroxyl groups is 1. The summed E-state index contributed by atoms with van der Waals surface area (Å²) in [6, 6.07) is 4.04. The summed E-state index contributed by atoms with van der Waals surface area (Å²) in [4.78, 5) is 2.66. The summed E-state index contributed by atoms with van der Waals surface area (Å²) in [6.45, 7) is 10.3. The van der Waals surface area contributed by atoms with Crippen LogP contribution in [0.3, 0.4) is 0 Å². The molecule has 7 atom stereocenters. The van der Waals surface area contributed by atoms with Crippen LogP contribution in [0.5, 0.6) is 11.5 Å². The molecule has 2 saturated carbocycles. The Labute approximate surface area is 203 Å². The Morgan fingerprint density at radius 2 is 2.00 bits per heavy atom. The number of phenolic OH excluding ortho intramolecular Hbond substituents is 1. The summed E-state index contributed by atoms with van der Waals surface area (Å²) in [5, 5.41) is 22.9. The van der Waals surface area contributed by atoms with Gasteiger partial charge in [-0.15, -0.1) is 6.42 Å². The van der Waals surface area contributed by atoms with Gasteiger partial charge >= 0.3 is 0 Å². The fourth-order valence-electron chi connectivity index (χ4n) is 8.16. The Morgan fingerprint density at radius 3 is 2.62 bits per heavy atom. The van der Waals surface area contributed by atoms with E-state index in [1.165, 1.54) is 18.4 Å². The molecule has 2 bridgehead atoms. The molecule has 2 N–H and O–H groups in total. The van der Waals surface area contributed by atoms with E-state index in [2.05, 4.69) is 37.7 Å². The Morgan fingerprint density at radius 1 is 1.26 bits per heavy atom. The summed E-state index contributed by atoms with van der Waals surface area (Å²) >= 11 is 0. The first-order chi connectivity index (χ1) is 16.0. The molecule has 1 saturated heterocycles. The quantitative estimate of drug-likeness (QED) is 0.661. The lowest BCUT2D eigenvalue weighted by atomic mass is 9.40. The number of rotatable bonds is 4. The molecule has 0 aromatic heterocycles. The SMILES string of the molecule is C#C[C@]12C[C@H]([C@](C)(O)C(C)(C)C)C(OC)[C@@H]3Oc4c(O)ccc5c4[C@@]31CCN(CC1CC1)[C@@H]2C5. The predicted molar refractivity (Wildman–Crippen MR) is 131 cm³/mol. The van der Waals surface area contributed by atoms with Crippen LogP contribution in [0, 0.1) is 35.0 Å². The molecule has 5 heteroatoms. The monoisotopic (exact) mass is 465 g/mol. The van der Waals surface area contributed by atoms with E-state index in [9.17, 15) is 10.2 Å². The van der Waals surface area contributed by atoms with Crippen LogP contribution in [0.15, 0.2) is 12.1 Å². The van der Waals surface area contributed by atoms with Gasteiger partial charge in [0.15, 0.2) is 11.5 Å². The second-order valence-electron chi connectivity index (χ2n) is 12.9. The third-order valence-corrected chi connectivity index (χ3v) is 10.6. The Bertz CT molecular complexity index is 1060. The average molecular weight is 466 g/mol. The summed E-state index contributed by atoms with van der Waals surface area (Å²) in [5.41, 5.74) is 0.0711. The number of likely N-dealkylation sites (tertiary alicyclic amines) is 1. The molecule has 2 aliphatic heterocycles. The van der Waals surface area contributed by atoms with Crippen molar-refractivity contribution in [1.29, 1.82) is 0 Å². The fourth-order valence-corrected chi connectivity index (χ4v) is 8.16. The minimum atomic E-state index is -1.02. The minimum Gasteiger partial charge on any atom is -0.504 e. The zero-order chi connectivity index (χ0) is 24.3. The van der Waals surface area contributed by atoms with Gasteiger partial charge in [0.1, 0.15) is 12.2 Å². The summed E-state index contributed by atoms with van der Waals surface area (Å²) in [7, 11) is 1.73. The van der Waals surface area contributed by atoms with Gasteiger partial charge in [-0.1, -0.05) is 32.8 Å². The maximum atomic E-state index is 12.0. The van der Waals surface area contributed by atoms with Gasteiger partial charge in [0, 0.05) is 31.2 Å². The summed E-state index contributed by atoms with van der Waals surface area (Å²) in [6.07, 6.45) is 11.0. The first-order valence-electron chi connectivity index (χ1n) is 13.0. The molecule has 1 unspecified atom stereocenters. The van der Waals surface area contributed by atoms with Crippen molar-refractivity contribution in [2.75, 3.05) is 20.2 Å². The highest BCUT2D eigenvalue weighted by Crippen LogP contribution is 2.71. The molecule has 3 aliphatic carbocycles. The van der Waals surface area contributed by atoms with Gasteiger partial charge in [0.25, 0.3) is 0 Å². The number of benzene rings is 1. The first-order valence-corrected chi connectivity index (χ1v) is 13.0. The van der Waals surface area contributed by atoms with E-state index >= 15 is 0 Å². The molecule has 1 aromatic rings. The first kappa shape index (κ1) is 22.7. The molecule has 0 radical (unpaired) electrons. The molecule has 184 valence electrons. The van der Waals surface area contributed by atoms with Gasteiger partial charge in [0.05, 0.1) is 16.4 Å². The van der Waals surface area contributed by atoms with E-state index in [-0.39, 0.29) is 35.3 Å².